The Bertz CT molecular complexity index is 1460. The molecule has 1 heterocycles. The van der Waals surface area contributed by atoms with E-state index in [0.717, 1.165) is 5.56 Å². The minimum absolute atomic E-state index is 0.0194. The summed E-state index contributed by atoms with van der Waals surface area (Å²) in [7, 11) is 1.57. The second-order valence-electron chi connectivity index (χ2n) is 8.37. The average Bonchev–Trinajstić information content (AvgIpc) is 2.96. The lowest BCUT2D eigenvalue weighted by molar-refractivity contribution is -0.138. The number of ether oxygens (including phenoxy) is 2. The number of benzene rings is 3. The third-order valence-electron chi connectivity index (χ3n) is 5.95. The van der Waals surface area contributed by atoms with Crippen LogP contribution in [0.1, 0.15) is 24.0 Å². The Hall–Kier alpha value is -4.19. The van der Waals surface area contributed by atoms with Gasteiger partial charge >= 0.3 is 5.97 Å². The number of allylic oxidation sites excluding steroid dienone is 1. The van der Waals surface area contributed by atoms with E-state index in [1.54, 1.807) is 62.6 Å². The van der Waals surface area contributed by atoms with E-state index in [2.05, 4.69) is 16.7 Å². The van der Waals surface area contributed by atoms with Crippen molar-refractivity contribution in [2.24, 2.45) is 0 Å². The third kappa shape index (κ3) is 6.45. The van der Waals surface area contributed by atoms with E-state index in [9.17, 15) is 14.9 Å². The molecule has 39 heavy (non-hydrogen) atoms. The van der Waals surface area contributed by atoms with Gasteiger partial charge < -0.3 is 20.1 Å². The standard InChI is InChI=1S/C30H26ClN3O4S/c1-3-38-30(36)27-26(22-11-7-8-12-24(22)31)23(17-32)29(34-28(27)19-9-5-4-6-10-19)39-18-25(35)33-20-13-15-21(37-2)16-14-20/h4-16,26,34H,3,18H2,1-2H3,(H,33,35). The van der Waals surface area contributed by atoms with Crippen molar-refractivity contribution in [2.75, 3.05) is 24.8 Å². The van der Waals surface area contributed by atoms with Gasteiger partial charge in [0, 0.05) is 10.7 Å². The Morgan fingerprint density at radius 3 is 2.38 bits per heavy atom. The molecule has 4 rings (SSSR count). The molecule has 1 unspecified atom stereocenters. The van der Waals surface area contributed by atoms with Gasteiger partial charge in [0.2, 0.25) is 5.91 Å². The Balaban J connectivity index is 1.74. The highest BCUT2D eigenvalue weighted by Gasteiger charge is 2.38. The molecule has 3 aromatic carbocycles. The molecule has 0 fully saturated rings. The number of anilines is 1. The highest BCUT2D eigenvalue weighted by atomic mass is 35.5. The first-order chi connectivity index (χ1) is 19.0. The highest BCUT2D eigenvalue weighted by molar-refractivity contribution is 8.03. The van der Waals surface area contributed by atoms with Crippen LogP contribution in [0.4, 0.5) is 5.69 Å². The number of esters is 1. The number of carbonyl (C=O) groups is 2. The van der Waals surface area contributed by atoms with Crippen LogP contribution in [0, 0.1) is 11.3 Å². The van der Waals surface area contributed by atoms with Gasteiger partial charge in [0.15, 0.2) is 0 Å². The number of carbonyl (C=O) groups excluding carboxylic acids is 2. The Kier molecular flexibility index (Phi) is 9.31. The van der Waals surface area contributed by atoms with Crippen LogP contribution < -0.4 is 15.4 Å². The predicted molar refractivity (Wildman–Crippen MR) is 154 cm³/mol. The van der Waals surface area contributed by atoms with E-state index in [0.29, 0.717) is 32.7 Å². The van der Waals surface area contributed by atoms with Crippen molar-refractivity contribution >= 4 is 46.6 Å². The minimum atomic E-state index is -0.800. The lowest BCUT2D eigenvalue weighted by Crippen LogP contribution is -2.30. The van der Waals surface area contributed by atoms with Crippen LogP contribution in [0.2, 0.25) is 5.02 Å². The second kappa shape index (κ2) is 13.1. The van der Waals surface area contributed by atoms with Crippen molar-refractivity contribution in [1.82, 2.24) is 5.32 Å². The molecular weight excluding hydrogens is 534 g/mol. The number of methoxy groups -OCH3 is 1. The van der Waals surface area contributed by atoms with Gasteiger partial charge in [-0.15, -0.1) is 0 Å². The number of halogens is 1. The van der Waals surface area contributed by atoms with Crippen LogP contribution in [0.3, 0.4) is 0 Å². The monoisotopic (exact) mass is 559 g/mol. The topological polar surface area (TPSA) is 100 Å². The fraction of sp³-hybridized carbons (Fsp3) is 0.167. The van der Waals surface area contributed by atoms with Crippen molar-refractivity contribution < 1.29 is 19.1 Å². The zero-order valence-corrected chi connectivity index (χ0v) is 22.9. The molecule has 0 spiro atoms. The highest BCUT2D eigenvalue weighted by Crippen LogP contribution is 2.45. The lowest BCUT2D eigenvalue weighted by Gasteiger charge is -2.31. The van der Waals surface area contributed by atoms with Gasteiger partial charge in [-0.1, -0.05) is 71.9 Å². The van der Waals surface area contributed by atoms with Crippen LogP contribution in [0.25, 0.3) is 5.70 Å². The van der Waals surface area contributed by atoms with Crippen LogP contribution in [0.5, 0.6) is 5.75 Å². The van der Waals surface area contributed by atoms with E-state index in [1.165, 1.54) is 11.8 Å². The molecule has 7 nitrogen and oxygen atoms in total. The largest absolute Gasteiger partial charge is 0.497 e. The van der Waals surface area contributed by atoms with E-state index in [-0.39, 0.29) is 29.4 Å². The molecule has 1 aliphatic heterocycles. The zero-order valence-electron chi connectivity index (χ0n) is 21.4. The fourth-order valence-corrected chi connectivity index (χ4v) is 5.27. The van der Waals surface area contributed by atoms with Crippen molar-refractivity contribution in [2.45, 2.75) is 12.8 Å². The van der Waals surface area contributed by atoms with E-state index < -0.39 is 11.9 Å². The summed E-state index contributed by atoms with van der Waals surface area (Å²) in [6, 6.07) is 25.7. The summed E-state index contributed by atoms with van der Waals surface area (Å²) in [6.07, 6.45) is 0. The van der Waals surface area contributed by atoms with Gasteiger partial charge in [0.1, 0.15) is 5.75 Å². The van der Waals surface area contributed by atoms with E-state index >= 15 is 0 Å². The van der Waals surface area contributed by atoms with Crippen LogP contribution in [0.15, 0.2) is 95.0 Å². The number of hydrogen-bond donors (Lipinski definition) is 2. The van der Waals surface area contributed by atoms with Gasteiger partial charge in [-0.25, -0.2) is 4.79 Å². The molecule has 0 bridgehead atoms. The number of amides is 1. The van der Waals surface area contributed by atoms with Crippen molar-refractivity contribution in [1.29, 1.82) is 5.26 Å². The third-order valence-corrected chi connectivity index (χ3v) is 7.31. The Morgan fingerprint density at radius 1 is 1.05 bits per heavy atom. The molecule has 2 N–H and O–H groups in total. The summed E-state index contributed by atoms with van der Waals surface area (Å²) in [5, 5.41) is 17.3. The smallest absolute Gasteiger partial charge is 0.337 e. The Morgan fingerprint density at radius 2 is 1.74 bits per heavy atom. The van der Waals surface area contributed by atoms with E-state index in [4.69, 9.17) is 21.1 Å². The maximum atomic E-state index is 13.4. The molecule has 9 heteroatoms. The average molecular weight is 560 g/mol. The summed E-state index contributed by atoms with van der Waals surface area (Å²) in [6.45, 7) is 1.89. The van der Waals surface area contributed by atoms with Crippen LogP contribution in [-0.2, 0) is 14.3 Å². The SMILES string of the molecule is CCOC(=O)C1=C(c2ccccc2)NC(SCC(=O)Nc2ccc(OC)cc2)=C(C#N)C1c1ccccc1Cl. The van der Waals surface area contributed by atoms with Crippen LogP contribution in [-0.4, -0.2) is 31.3 Å². The molecule has 3 aromatic rings. The first kappa shape index (κ1) is 27.8. The Labute approximate surface area is 236 Å². The summed E-state index contributed by atoms with van der Waals surface area (Å²) >= 11 is 7.78. The molecular formula is C30H26ClN3O4S. The first-order valence-electron chi connectivity index (χ1n) is 12.2. The predicted octanol–water partition coefficient (Wildman–Crippen LogP) is 6.12. The van der Waals surface area contributed by atoms with Crippen molar-refractivity contribution in [3.05, 3.63) is 111 Å². The molecule has 1 aliphatic rings. The normalized spacial score (nSPS) is 14.8. The number of thioether (sulfide) groups is 1. The molecule has 198 valence electrons. The minimum Gasteiger partial charge on any atom is -0.497 e. The molecule has 1 atom stereocenters. The number of dihydropyridines is 1. The van der Waals surface area contributed by atoms with Gasteiger partial charge in [0.05, 0.1) is 53.3 Å². The number of hydrogen-bond acceptors (Lipinski definition) is 7. The second-order valence-corrected chi connectivity index (χ2v) is 9.77. The summed E-state index contributed by atoms with van der Waals surface area (Å²) in [5.41, 5.74) is 2.99. The molecule has 0 saturated carbocycles. The summed E-state index contributed by atoms with van der Waals surface area (Å²) in [5.74, 6) is -0.909. The molecule has 0 aliphatic carbocycles. The molecule has 0 aromatic heterocycles. The molecule has 1 amide bonds. The summed E-state index contributed by atoms with van der Waals surface area (Å²) in [4.78, 5) is 26.2. The number of nitriles is 1. The zero-order chi connectivity index (χ0) is 27.8. The number of nitrogens with zero attached hydrogens (tertiary/aromatic N) is 1. The van der Waals surface area contributed by atoms with Gasteiger partial charge in [0.25, 0.3) is 0 Å². The van der Waals surface area contributed by atoms with Gasteiger partial charge in [-0.05, 0) is 48.4 Å². The van der Waals surface area contributed by atoms with Crippen molar-refractivity contribution in [3.63, 3.8) is 0 Å². The lowest BCUT2D eigenvalue weighted by atomic mass is 9.81. The maximum Gasteiger partial charge on any atom is 0.337 e. The molecule has 0 radical (unpaired) electrons. The fourth-order valence-electron chi connectivity index (χ4n) is 4.19. The number of nitrogens with one attached hydrogen (secondary N) is 2. The quantitative estimate of drug-likeness (QED) is 0.305. The maximum absolute atomic E-state index is 13.4. The summed E-state index contributed by atoms with van der Waals surface area (Å²) < 4.78 is 10.6. The van der Waals surface area contributed by atoms with Gasteiger partial charge in [-0.2, -0.15) is 5.26 Å². The van der Waals surface area contributed by atoms with Gasteiger partial charge in [-0.3, -0.25) is 4.79 Å². The molecule has 0 saturated heterocycles. The van der Waals surface area contributed by atoms with E-state index in [1.807, 2.05) is 30.3 Å². The first-order valence-corrected chi connectivity index (χ1v) is 13.5. The van der Waals surface area contributed by atoms with Crippen molar-refractivity contribution in [3.8, 4) is 11.8 Å². The number of rotatable bonds is 9. The van der Waals surface area contributed by atoms with Crippen LogP contribution >= 0.6 is 23.4 Å².